The summed E-state index contributed by atoms with van der Waals surface area (Å²) in [5.41, 5.74) is 3.07. The molecule has 3 amide bonds. The molecule has 0 radical (unpaired) electrons. The van der Waals surface area contributed by atoms with Crippen molar-refractivity contribution in [3.63, 3.8) is 0 Å². The van der Waals surface area contributed by atoms with Gasteiger partial charge in [-0.05, 0) is 24.5 Å². The van der Waals surface area contributed by atoms with E-state index in [0.29, 0.717) is 23.8 Å². The standard InChI is InChI=1S/C20H20N4O4/c1-24-9-14(12-6-7-21-16(12)19(24)25)13-4-5-15-17(23-20(26)22-15)18(13)28-11-3-2-8-27-10-11/h4-7,9,11,13,16H,2-3,8,10H2,1H3,(H,23,26)/p+1. The molecule has 3 atom stereocenters. The third kappa shape index (κ3) is 2.72. The fraction of sp³-hybridized carbons (Fsp3) is 0.400. The minimum Gasteiger partial charge on any atom is -0.489 e. The summed E-state index contributed by atoms with van der Waals surface area (Å²) in [6, 6.07) is -0.787. The first-order valence-corrected chi connectivity index (χ1v) is 9.47. The number of ether oxygens (including phenoxy) is 2. The number of nitrogens with one attached hydrogen (secondary N) is 2. The highest BCUT2D eigenvalue weighted by Crippen LogP contribution is 2.38. The molecular weight excluding hydrogens is 360 g/mol. The van der Waals surface area contributed by atoms with Crippen LogP contribution < -0.4 is 10.3 Å². The summed E-state index contributed by atoms with van der Waals surface area (Å²) in [6.45, 7) is 1.26. The molecule has 144 valence electrons. The number of nitrogens with zero attached hydrogens (tertiary/aromatic N) is 2. The monoisotopic (exact) mass is 381 g/mol. The predicted molar refractivity (Wildman–Crippen MR) is 100 cm³/mol. The highest BCUT2D eigenvalue weighted by molar-refractivity contribution is 6.19. The van der Waals surface area contributed by atoms with Gasteiger partial charge in [-0.15, -0.1) is 0 Å². The number of hydrogen-bond acceptors (Lipinski definition) is 4. The summed E-state index contributed by atoms with van der Waals surface area (Å²) in [5, 5.41) is 2.81. The van der Waals surface area contributed by atoms with Crippen molar-refractivity contribution in [3.05, 3.63) is 47.0 Å². The summed E-state index contributed by atoms with van der Waals surface area (Å²) < 4.78 is 11.9. The number of carbonyl (C=O) groups excluding carboxylic acids is 2. The molecule has 0 spiro atoms. The number of fused-ring (bicyclic) bond motifs is 2. The van der Waals surface area contributed by atoms with Crippen molar-refractivity contribution < 1.29 is 24.1 Å². The van der Waals surface area contributed by atoms with Crippen molar-refractivity contribution >= 4 is 23.9 Å². The van der Waals surface area contributed by atoms with Gasteiger partial charge in [0.05, 0.1) is 18.2 Å². The lowest BCUT2D eigenvalue weighted by Crippen LogP contribution is -2.79. The van der Waals surface area contributed by atoms with Crippen LogP contribution in [0.5, 0.6) is 0 Å². The SMILES string of the molecule is CN1C=C(C2C=CC3=NC(=O)NC3=C2OC2CCCOC2)C2=CC=[NH+]C2C1=O. The van der Waals surface area contributed by atoms with Gasteiger partial charge in [0.25, 0.3) is 11.9 Å². The van der Waals surface area contributed by atoms with E-state index in [0.717, 1.165) is 30.6 Å². The molecule has 5 aliphatic rings. The van der Waals surface area contributed by atoms with E-state index >= 15 is 0 Å². The first-order valence-electron chi connectivity index (χ1n) is 9.47. The van der Waals surface area contributed by atoms with Gasteiger partial charge in [0, 0.05) is 31.5 Å². The molecule has 1 fully saturated rings. The smallest absolute Gasteiger partial charge is 0.346 e. The molecule has 0 aromatic rings. The van der Waals surface area contributed by atoms with E-state index in [-0.39, 0.29) is 17.9 Å². The molecule has 1 saturated heterocycles. The molecule has 1 aliphatic carbocycles. The zero-order chi connectivity index (χ0) is 19.3. The van der Waals surface area contributed by atoms with Crippen molar-refractivity contribution in [2.45, 2.75) is 25.0 Å². The Morgan fingerprint density at radius 1 is 1.36 bits per heavy atom. The van der Waals surface area contributed by atoms with E-state index in [1.807, 2.05) is 24.4 Å². The average Bonchev–Trinajstić information content (AvgIpc) is 3.32. The van der Waals surface area contributed by atoms with Crippen LogP contribution in [0.2, 0.25) is 0 Å². The number of hydrogen-bond donors (Lipinski definition) is 2. The lowest BCUT2D eigenvalue weighted by Gasteiger charge is -2.33. The van der Waals surface area contributed by atoms with E-state index in [9.17, 15) is 9.59 Å². The highest BCUT2D eigenvalue weighted by Gasteiger charge is 2.43. The second kappa shape index (κ2) is 6.56. The van der Waals surface area contributed by atoms with Crippen LogP contribution in [-0.4, -0.2) is 61.2 Å². The van der Waals surface area contributed by atoms with Gasteiger partial charge in [0.1, 0.15) is 17.6 Å². The first kappa shape index (κ1) is 17.1. The van der Waals surface area contributed by atoms with Crippen LogP contribution in [0.25, 0.3) is 0 Å². The minimum absolute atomic E-state index is 0.00392. The Morgan fingerprint density at radius 2 is 2.25 bits per heavy atom. The van der Waals surface area contributed by atoms with Gasteiger partial charge in [-0.1, -0.05) is 6.08 Å². The Bertz CT molecular complexity index is 934. The molecule has 5 rings (SSSR count). The third-order valence-electron chi connectivity index (χ3n) is 5.53. The van der Waals surface area contributed by atoms with Crippen molar-refractivity contribution in [2.24, 2.45) is 10.9 Å². The molecule has 2 N–H and O–H groups in total. The Balaban J connectivity index is 1.55. The number of allylic oxidation sites excluding steroid dienone is 3. The van der Waals surface area contributed by atoms with Crippen LogP contribution in [-0.2, 0) is 14.3 Å². The molecule has 0 aromatic heterocycles. The van der Waals surface area contributed by atoms with Gasteiger partial charge in [-0.3, -0.25) is 4.79 Å². The van der Waals surface area contributed by atoms with Gasteiger partial charge in [-0.25, -0.2) is 9.79 Å². The zero-order valence-corrected chi connectivity index (χ0v) is 15.5. The van der Waals surface area contributed by atoms with Crippen molar-refractivity contribution in [2.75, 3.05) is 20.3 Å². The maximum absolute atomic E-state index is 12.5. The number of aliphatic imine (C=N–C) groups is 1. The Labute approximate surface area is 162 Å². The molecular formula is C20H21N4O4+. The van der Waals surface area contributed by atoms with Crippen LogP contribution >= 0.6 is 0 Å². The molecule has 4 aliphatic heterocycles. The van der Waals surface area contributed by atoms with Crippen LogP contribution in [0, 0.1) is 5.92 Å². The second-order valence-corrected chi connectivity index (χ2v) is 7.38. The van der Waals surface area contributed by atoms with Gasteiger partial charge in [0.15, 0.2) is 6.21 Å². The van der Waals surface area contributed by atoms with Crippen LogP contribution in [0.1, 0.15) is 12.8 Å². The molecule has 0 saturated carbocycles. The molecule has 8 heteroatoms. The molecule has 4 heterocycles. The minimum atomic E-state index is -0.394. The van der Waals surface area contributed by atoms with E-state index < -0.39 is 12.1 Å². The summed E-state index contributed by atoms with van der Waals surface area (Å²) in [5.74, 6) is 0.422. The molecule has 0 aromatic carbocycles. The molecule has 28 heavy (non-hydrogen) atoms. The lowest BCUT2D eigenvalue weighted by atomic mass is 9.82. The lowest BCUT2D eigenvalue weighted by molar-refractivity contribution is -0.468. The van der Waals surface area contributed by atoms with Crippen molar-refractivity contribution in [1.29, 1.82) is 0 Å². The fourth-order valence-corrected chi connectivity index (χ4v) is 4.16. The number of likely N-dealkylation sites (N-methyl/N-ethyl adjacent to an activating group) is 1. The maximum Gasteiger partial charge on any atom is 0.346 e. The Morgan fingerprint density at radius 3 is 3.07 bits per heavy atom. The van der Waals surface area contributed by atoms with E-state index in [1.54, 1.807) is 18.2 Å². The highest BCUT2D eigenvalue weighted by atomic mass is 16.5. The van der Waals surface area contributed by atoms with Crippen LogP contribution in [0.3, 0.4) is 0 Å². The van der Waals surface area contributed by atoms with Gasteiger partial charge >= 0.3 is 6.03 Å². The van der Waals surface area contributed by atoms with Gasteiger partial charge in [-0.2, -0.15) is 4.99 Å². The van der Waals surface area contributed by atoms with Gasteiger partial charge in [0.2, 0.25) is 0 Å². The zero-order valence-electron chi connectivity index (χ0n) is 15.5. The van der Waals surface area contributed by atoms with Crippen LogP contribution in [0.15, 0.2) is 52.0 Å². The molecule has 0 bridgehead atoms. The maximum atomic E-state index is 12.5. The van der Waals surface area contributed by atoms with Crippen molar-refractivity contribution in [3.8, 4) is 0 Å². The number of amides is 3. The van der Waals surface area contributed by atoms with Gasteiger partial charge < -0.3 is 19.7 Å². The normalized spacial score (nSPS) is 31.2. The largest absolute Gasteiger partial charge is 0.489 e. The molecule has 3 unspecified atom stereocenters. The average molecular weight is 381 g/mol. The summed E-state index contributed by atoms with van der Waals surface area (Å²) >= 11 is 0. The number of rotatable bonds is 3. The quantitative estimate of drug-likeness (QED) is 0.693. The number of carbonyl (C=O) groups is 2. The van der Waals surface area contributed by atoms with E-state index in [1.165, 1.54) is 0 Å². The summed E-state index contributed by atoms with van der Waals surface area (Å²) in [7, 11) is 1.75. The van der Waals surface area contributed by atoms with E-state index in [4.69, 9.17) is 9.47 Å². The fourth-order valence-electron chi connectivity index (χ4n) is 4.16. The first-order chi connectivity index (χ1) is 13.6. The summed E-state index contributed by atoms with van der Waals surface area (Å²) in [4.78, 5) is 33.1. The Hall–Kier alpha value is -3.00. The predicted octanol–water partition coefficient (Wildman–Crippen LogP) is -0.440. The third-order valence-corrected chi connectivity index (χ3v) is 5.53. The van der Waals surface area contributed by atoms with Crippen molar-refractivity contribution in [1.82, 2.24) is 10.2 Å². The number of urea groups is 1. The molecule has 8 nitrogen and oxygen atoms in total. The summed E-state index contributed by atoms with van der Waals surface area (Å²) in [6.07, 6.45) is 11.1. The Kier molecular flexibility index (Phi) is 4.01. The second-order valence-electron chi connectivity index (χ2n) is 7.38. The van der Waals surface area contributed by atoms with Crippen LogP contribution in [0.4, 0.5) is 4.79 Å². The van der Waals surface area contributed by atoms with E-state index in [2.05, 4.69) is 15.3 Å². The topological polar surface area (TPSA) is 94.2 Å².